The van der Waals surface area contributed by atoms with E-state index < -0.39 is 36.1 Å². The Morgan fingerprint density at radius 2 is 1.86 bits per heavy atom. The summed E-state index contributed by atoms with van der Waals surface area (Å²) in [5.41, 5.74) is 0.532. The summed E-state index contributed by atoms with van der Waals surface area (Å²) in [6.45, 7) is 5.62. The highest BCUT2D eigenvalue weighted by molar-refractivity contribution is 6.02. The fourth-order valence-corrected chi connectivity index (χ4v) is 4.73. The van der Waals surface area contributed by atoms with Gasteiger partial charge in [0.1, 0.15) is 5.82 Å². The van der Waals surface area contributed by atoms with Gasteiger partial charge in [-0.15, -0.1) is 8.78 Å². The number of carbonyl (C=O) groups is 1. The number of ether oxygens (including phenoxy) is 2. The van der Waals surface area contributed by atoms with Crippen LogP contribution in [-0.2, 0) is 22.2 Å². The van der Waals surface area contributed by atoms with Gasteiger partial charge in [-0.05, 0) is 42.7 Å². The number of alkyl halides is 2. The Labute approximate surface area is 206 Å². The van der Waals surface area contributed by atoms with Crippen molar-refractivity contribution in [3.05, 3.63) is 53.5 Å². The van der Waals surface area contributed by atoms with Crippen LogP contribution in [-0.4, -0.2) is 39.7 Å². The number of amides is 1. The standard InChI is InChI=1S/C26H27F3N2O5.H2/c1-24(2,3)22-9-14-8-18(17(27)11-19(14)31(22)12-16(33)13-32)30-23(34)25(6-7-25)15-4-5-20-21(10-15)36-26(28,29)35-20;/h4-5,8-11,16,32-33H,6-7,12-13H2,1-3H3,(H,30,34);1H/t16-;/m1./s1. The van der Waals surface area contributed by atoms with E-state index >= 15 is 4.39 Å². The van der Waals surface area contributed by atoms with Crippen molar-refractivity contribution in [3.8, 4) is 11.5 Å². The number of halogens is 3. The number of nitrogens with zero attached hydrogens (tertiary/aromatic N) is 1. The number of carbonyl (C=O) groups excluding carboxylic acids is 1. The minimum Gasteiger partial charge on any atom is -0.395 e. The van der Waals surface area contributed by atoms with Gasteiger partial charge in [0.15, 0.2) is 11.5 Å². The van der Waals surface area contributed by atoms with E-state index in [2.05, 4.69) is 14.8 Å². The van der Waals surface area contributed by atoms with E-state index in [0.717, 1.165) is 5.69 Å². The number of benzene rings is 2. The molecule has 0 bridgehead atoms. The van der Waals surface area contributed by atoms with Gasteiger partial charge in [0.2, 0.25) is 5.91 Å². The lowest BCUT2D eigenvalue weighted by molar-refractivity contribution is -0.286. The molecule has 1 aromatic heterocycles. The number of rotatable bonds is 6. The molecule has 1 amide bonds. The van der Waals surface area contributed by atoms with Crippen LogP contribution in [0.4, 0.5) is 18.9 Å². The second-order valence-electron chi connectivity index (χ2n) is 10.5. The first kappa shape index (κ1) is 24.5. The molecule has 0 unspecified atom stereocenters. The Bertz CT molecular complexity index is 1360. The van der Waals surface area contributed by atoms with Crippen molar-refractivity contribution < 1.29 is 39.1 Å². The number of hydrogen-bond donors (Lipinski definition) is 3. The van der Waals surface area contributed by atoms with Crippen molar-refractivity contribution in [2.75, 3.05) is 11.9 Å². The molecule has 1 fully saturated rings. The van der Waals surface area contributed by atoms with Gasteiger partial charge in [-0.2, -0.15) is 0 Å². The lowest BCUT2D eigenvalue weighted by atomic mass is 9.92. The van der Waals surface area contributed by atoms with E-state index in [0.29, 0.717) is 29.3 Å². The van der Waals surface area contributed by atoms with E-state index in [4.69, 9.17) is 0 Å². The number of anilines is 1. The number of hydrogen-bond acceptors (Lipinski definition) is 5. The largest absolute Gasteiger partial charge is 0.586 e. The molecule has 1 atom stereocenters. The molecule has 2 aliphatic rings. The van der Waals surface area contributed by atoms with Crippen molar-refractivity contribution in [1.82, 2.24) is 4.57 Å². The van der Waals surface area contributed by atoms with E-state index in [1.165, 1.54) is 30.3 Å². The molecule has 1 saturated carbocycles. The van der Waals surface area contributed by atoms with Crippen LogP contribution >= 0.6 is 0 Å². The van der Waals surface area contributed by atoms with Crippen LogP contribution in [0.2, 0.25) is 0 Å². The maximum Gasteiger partial charge on any atom is 0.586 e. The first-order valence-corrected chi connectivity index (χ1v) is 11.7. The summed E-state index contributed by atoms with van der Waals surface area (Å²) in [5.74, 6) is -1.36. The van der Waals surface area contributed by atoms with Crippen LogP contribution in [0.3, 0.4) is 0 Å². The maximum atomic E-state index is 15.2. The number of aliphatic hydroxyl groups excluding tert-OH is 2. The van der Waals surface area contributed by atoms with Crippen LogP contribution in [0.5, 0.6) is 11.5 Å². The zero-order valence-corrected chi connectivity index (χ0v) is 20.1. The summed E-state index contributed by atoms with van der Waals surface area (Å²) in [4.78, 5) is 13.3. The van der Waals surface area contributed by atoms with Crippen molar-refractivity contribution in [1.29, 1.82) is 0 Å². The zero-order valence-electron chi connectivity index (χ0n) is 20.1. The molecule has 3 aromatic rings. The van der Waals surface area contributed by atoms with Gasteiger partial charge >= 0.3 is 6.29 Å². The highest BCUT2D eigenvalue weighted by Gasteiger charge is 2.53. The number of aliphatic hydroxyl groups is 2. The Balaban J connectivity index is 0.00000320. The third-order valence-corrected chi connectivity index (χ3v) is 6.75. The van der Waals surface area contributed by atoms with E-state index in [1.807, 2.05) is 26.8 Å². The second-order valence-corrected chi connectivity index (χ2v) is 10.5. The van der Waals surface area contributed by atoms with Crippen molar-refractivity contribution in [3.63, 3.8) is 0 Å². The van der Waals surface area contributed by atoms with Crippen LogP contribution in [0.15, 0.2) is 36.4 Å². The lowest BCUT2D eigenvalue weighted by Crippen LogP contribution is -2.28. The molecule has 1 aliphatic carbocycles. The second kappa shape index (κ2) is 8.14. The Hall–Kier alpha value is -3.24. The molecule has 0 spiro atoms. The van der Waals surface area contributed by atoms with Gasteiger partial charge in [0, 0.05) is 24.0 Å². The van der Waals surface area contributed by atoms with Crippen LogP contribution in [0.1, 0.15) is 46.3 Å². The highest BCUT2D eigenvalue weighted by atomic mass is 19.3. The smallest absolute Gasteiger partial charge is 0.395 e. The van der Waals surface area contributed by atoms with Crippen molar-refractivity contribution >= 4 is 22.5 Å². The molecule has 194 valence electrons. The predicted molar refractivity (Wildman–Crippen MR) is 128 cm³/mol. The van der Waals surface area contributed by atoms with E-state index in [1.54, 1.807) is 4.57 Å². The minimum atomic E-state index is -3.76. The van der Waals surface area contributed by atoms with Gasteiger partial charge < -0.3 is 29.6 Å². The van der Waals surface area contributed by atoms with Crippen LogP contribution in [0.25, 0.3) is 10.9 Å². The summed E-state index contributed by atoms with van der Waals surface area (Å²) < 4.78 is 52.7. The first-order chi connectivity index (χ1) is 16.8. The quantitative estimate of drug-likeness (QED) is 0.452. The third kappa shape index (κ3) is 4.18. The number of nitrogens with one attached hydrogen (secondary N) is 1. The molecule has 1 aliphatic heterocycles. The molecule has 5 rings (SSSR count). The summed E-state index contributed by atoms with van der Waals surface area (Å²) in [5, 5.41) is 22.7. The normalized spacial score (nSPS) is 18.3. The third-order valence-electron chi connectivity index (χ3n) is 6.75. The number of fused-ring (bicyclic) bond motifs is 2. The minimum absolute atomic E-state index is 0. The predicted octanol–water partition coefficient (Wildman–Crippen LogP) is 4.67. The first-order valence-electron chi connectivity index (χ1n) is 11.7. The van der Waals surface area contributed by atoms with Crippen molar-refractivity contribution in [2.45, 2.75) is 63.4 Å². The SMILES string of the molecule is CC(C)(C)c1cc2cc(NC(=O)C3(c4ccc5c(c4)OC(F)(F)O5)CC3)c(F)cc2n1C[C@@H](O)CO.[HH]. The molecule has 3 N–H and O–H groups in total. The summed E-state index contributed by atoms with van der Waals surface area (Å²) in [6, 6.07) is 8.95. The monoisotopic (exact) mass is 506 g/mol. The van der Waals surface area contributed by atoms with Crippen LogP contribution < -0.4 is 14.8 Å². The molecule has 0 saturated heterocycles. The van der Waals surface area contributed by atoms with Gasteiger partial charge in [-0.3, -0.25) is 4.79 Å². The molecule has 2 heterocycles. The molecule has 36 heavy (non-hydrogen) atoms. The zero-order chi connectivity index (χ0) is 26.0. The molecule has 10 heteroatoms. The maximum absolute atomic E-state index is 15.2. The van der Waals surface area contributed by atoms with Gasteiger partial charge in [0.25, 0.3) is 0 Å². The van der Waals surface area contributed by atoms with Gasteiger partial charge in [-0.25, -0.2) is 4.39 Å². The number of aromatic nitrogens is 1. The molecular formula is C26H29F3N2O5. The van der Waals surface area contributed by atoms with Gasteiger partial charge in [-0.1, -0.05) is 26.8 Å². The summed E-state index contributed by atoms with van der Waals surface area (Å²) in [6.07, 6.45) is -3.82. The molecule has 7 nitrogen and oxygen atoms in total. The topological polar surface area (TPSA) is 93.0 Å². The summed E-state index contributed by atoms with van der Waals surface area (Å²) >= 11 is 0. The van der Waals surface area contributed by atoms with Gasteiger partial charge in [0.05, 0.1) is 35.9 Å². The lowest BCUT2D eigenvalue weighted by Gasteiger charge is -2.23. The average molecular weight is 507 g/mol. The highest BCUT2D eigenvalue weighted by Crippen LogP contribution is 2.52. The van der Waals surface area contributed by atoms with Crippen LogP contribution in [0, 0.1) is 5.82 Å². The van der Waals surface area contributed by atoms with E-state index in [-0.39, 0.29) is 30.6 Å². The molecular weight excluding hydrogens is 477 g/mol. The Morgan fingerprint density at radius 3 is 2.50 bits per heavy atom. The molecule has 2 aromatic carbocycles. The Morgan fingerprint density at radius 1 is 1.17 bits per heavy atom. The van der Waals surface area contributed by atoms with E-state index in [9.17, 15) is 23.8 Å². The molecule has 0 radical (unpaired) electrons. The average Bonchev–Trinajstić information content (AvgIpc) is 3.44. The summed E-state index contributed by atoms with van der Waals surface area (Å²) in [7, 11) is 0. The fraction of sp³-hybridized carbons (Fsp3) is 0.423. The van der Waals surface area contributed by atoms with Crippen molar-refractivity contribution in [2.24, 2.45) is 0 Å². The fourth-order valence-electron chi connectivity index (χ4n) is 4.73. The Kier molecular flexibility index (Phi) is 5.53.